The van der Waals surface area contributed by atoms with Gasteiger partial charge in [0.2, 0.25) is 0 Å². The Morgan fingerprint density at radius 3 is 1.68 bits per heavy atom. The zero-order valence-electron chi connectivity index (χ0n) is 23.1. The first-order valence-corrected chi connectivity index (χ1v) is 13.1. The molecule has 2 aromatic rings. The molecule has 2 aliphatic carbocycles. The fourth-order valence-electron chi connectivity index (χ4n) is 6.31. The Bertz CT molecular complexity index is 1260. The molecule has 0 aromatic heterocycles. The van der Waals surface area contributed by atoms with Gasteiger partial charge in [0.1, 0.15) is 5.75 Å². The van der Waals surface area contributed by atoms with Gasteiger partial charge in [0.15, 0.2) is 11.6 Å². The van der Waals surface area contributed by atoms with E-state index in [-0.39, 0.29) is 28.3 Å². The van der Waals surface area contributed by atoms with Gasteiger partial charge in [-0.25, -0.2) is 0 Å². The Kier molecular flexibility index (Phi) is 6.09. The van der Waals surface area contributed by atoms with Crippen LogP contribution in [0.5, 0.6) is 5.75 Å². The van der Waals surface area contributed by atoms with Gasteiger partial charge in [-0.3, -0.25) is 9.59 Å². The molecular formula is C32H38N2O3. The molecule has 1 heterocycles. The van der Waals surface area contributed by atoms with Crippen molar-refractivity contribution in [3.63, 3.8) is 0 Å². The summed E-state index contributed by atoms with van der Waals surface area (Å²) in [5.41, 5.74) is 6.42. The van der Waals surface area contributed by atoms with Crippen LogP contribution in [0.2, 0.25) is 0 Å². The molecule has 1 aliphatic heterocycles. The average molecular weight is 499 g/mol. The van der Waals surface area contributed by atoms with Crippen molar-refractivity contribution in [3.8, 4) is 5.75 Å². The first kappa shape index (κ1) is 25.3. The van der Waals surface area contributed by atoms with Crippen molar-refractivity contribution < 1.29 is 14.3 Å². The molecule has 0 atom stereocenters. The smallest absolute Gasteiger partial charge is 0.162 e. The van der Waals surface area contributed by atoms with E-state index in [1.54, 1.807) is 7.11 Å². The Morgan fingerprint density at radius 2 is 1.24 bits per heavy atom. The number of hydrogen-bond acceptors (Lipinski definition) is 5. The van der Waals surface area contributed by atoms with Crippen LogP contribution in [0, 0.1) is 10.8 Å². The van der Waals surface area contributed by atoms with Crippen molar-refractivity contribution in [2.75, 3.05) is 31.0 Å². The quantitative estimate of drug-likeness (QED) is 0.472. The normalized spacial score (nSPS) is 21.1. The van der Waals surface area contributed by atoms with Gasteiger partial charge in [-0.15, -0.1) is 0 Å². The SMILES string of the molecule is COc1ccc(N2C3=C(C(=O)CC(C)(C)C3)C(c3ccc(N(C)C)cc3)C3=C2CC(C)(C)CC3=O)cc1. The van der Waals surface area contributed by atoms with E-state index in [9.17, 15) is 9.59 Å². The van der Waals surface area contributed by atoms with Gasteiger partial charge >= 0.3 is 0 Å². The molecule has 3 aliphatic rings. The van der Waals surface area contributed by atoms with Crippen LogP contribution in [0.3, 0.4) is 0 Å². The first-order valence-electron chi connectivity index (χ1n) is 13.1. The highest BCUT2D eigenvalue weighted by Crippen LogP contribution is 2.55. The molecule has 0 saturated carbocycles. The van der Waals surface area contributed by atoms with E-state index >= 15 is 0 Å². The zero-order valence-corrected chi connectivity index (χ0v) is 23.1. The number of hydrogen-bond donors (Lipinski definition) is 0. The highest BCUT2D eigenvalue weighted by molar-refractivity contribution is 6.08. The Labute approximate surface area is 220 Å². The van der Waals surface area contributed by atoms with Crippen LogP contribution < -0.4 is 14.5 Å². The maximum Gasteiger partial charge on any atom is 0.162 e. The van der Waals surface area contributed by atoms with E-state index in [1.807, 2.05) is 38.4 Å². The van der Waals surface area contributed by atoms with Crippen molar-refractivity contribution in [3.05, 3.63) is 76.6 Å². The van der Waals surface area contributed by atoms with Gasteiger partial charge < -0.3 is 14.5 Å². The third-order valence-electron chi connectivity index (χ3n) is 7.98. The van der Waals surface area contributed by atoms with E-state index in [0.717, 1.165) is 58.1 Å². The van der Waals surface area contributed by atoms with Crippen molar-refractivity contribution in [1.82, 2.24) is 0 Å². The predicted molar refractivity (Wildman–Crippen MR) is 149 cm³/mol. The van der Waals surface area contributed by atoms with Gasteiger partial charge in [-0.05, 0) is 65.6 Å². The van der Waals surface area contributed by atoms with Gasteiger partial charge in [0.05, 0.1) is 7.11 Å². The number of rotatable bonds is 4. The van der Waals surface area contributed by atoms with E-state index < -0.39 is 0 Å². The number of nitrogens with zero attached hydrogens (tertiary/aromatic N) is 2. The molecule has 194 valence electrons. The fraction of sp³-hybridized carbons (Fsp3) is 0.438. The number of ketones is 2. The number of allylic oxidation sites excluding steroid dienone is 4. The molecule has 5 rings (SSSR count). The summed E-state index contributed by atoms with van der Waals surface area (Å²) >= 11 is 0. The van der Waals surface area contributed by atoms with Gasteiger partial charge in [-0.2, -0.15) is 0 Å². The second kappa shape index (κ2) is 8.90. The van der Waals surface area contributed by atoms with Crippen LogP contribution in [-0.4, -0.2) is 32.8 Å². The molecule has 0 radical (unpaired) electrons. The minimum atomic E-state index is -0.331. The van der Waals surface area contributed by atoms with E-state index in [2.05, 4.69) is 61.8 Å². The van der Waals surface area contributed by atoms with E-state index in [0.29, 0.717) is 12.8 Å². The number of anilines is 2. The zero-order chi connectivity index (χ0) is 26.7. The van der Waals surface area contributed by atoms with Crippen LogP contribution in [-0.2, 0) is 9.59 Å². The lowest BCUT2D eigenvalue weighted by molar-refractivity contribution is -0.119. The van der Waals surface area contributed by atoms with Crippen LogP contribution >= 0.6 is 0 Å². The molecular weight excluding hydrogens is 460 g/mol. The van der Waals surface area contributed by atoms with Crippen LogP contribution in [0.25, 0.3) is 0 Å². The lowest BCUT2D eigenvalue weighted by Crippen LogP contribution is -2.44. The second-order valence-corrected chi connectivity index (χ2v) is 12.6. The lowest BCUT2D eigenvalue weighted by atomic mass is 9.63. The van der Waals surface area contributed by atoms with Crippen molar-refractivity contribution in [1.29, 1.82) is 0 Å². The molecule has 0 spiro atoms. The number of carbonyl (C=O) groups excluding carboxylic acids is 2. The molecule has 5 nitrogen and oxygen atoms in total. The largest absolute Gasteiger partial charge is 0.497 e. The summed E-state index contributed by atoms with van der Waals surface area (Å²) in [7, 11) is 5.69. The average Bonchev–Trinajstić information content (AvgIpc) is 2.81. The number of Topliss-reactive ketones (excluding diaryl/α,β-unsaturated/α-hetero) is 2. The summed E-state index contributed by atoms with van der Waals surface area (Å²) in [6, 6.07) is 16.3. The molecule has 0 N–H and O–H groups in total. The Morgan fingerprint density at radius 1 is 0.757 bits per heavy atom. The van der Waals surface area contributed by atoms with E-state index in [1.165, 1.54) is 0 Å². The predicted octanol–water partition coefficient (Wildman–Crippen LogP) is 6.65. The molecule has 0 unspecified atom stereocenters. The molecule has 0 fully saturated rings. The highest BCUT2D eigenvalue weighted by atomic mass is 16.5. The fourth-order valence-corrected chi connectivity index (χ4v) is 6.31. The molecule has 0 amide bonds. The molecule has 37 heavy (non-hydrogen) atoms. The number of ether oxygens (including phenoxy) is 1. The van der Waals surface area contributed by atoms with Crippen LogP contribution in [0.15, 0.2) is 71.1 Å². The third-order valence-corrected chi connectivity index (χ3v) is 7.98. The maximum atomic E-state index is 13.9. The molecule has 0 bridgehead atoms. The van der Waals surface area contributed by atoms with Gasteiger partial charge in [-0.1, -0.05) is 39.8 Å². The summed E-state index contributed by atoms with van der Waals surface area (Å²) in [4.78, 5) is 32.2. The Hall–Kier alpha value is -3.34. The summed E-state index contributed by atoms with van der Waals surface area (Å²) in [6.45, 7) is 8.67. The van der Waals surface area contributed by atoms with Gasteiger partial charge in [0.25, 0.3) is 0 Å². The number of benzene rings is 2. The van der Waals surface area contributed by atoms with Crippen molar-refractivity contribution in [2.24, 2.45) is 10.8 Å². The summed E-state index contributed by atoms with van der Waals surface area (Å²) in [5.74, 6) is 0.747. The molecule has 2 aromatic carbocycles. The maximum absolute atomic E-state index is 13.9. The standard InChI is InChI=1S/C32H38N2O3/c1-31(2)16-24-29(26(35)18-31)28(20-8-10-21(11-9-20)33(5)6)30-25(17-32(3,4)19-27(30)36)34(24)22-12-14-23(37-7)15-13-22/h8-15,28H,16-19H2,1-7H3. The first-order chi connectivity index (χ1) is 17.4. The second-order valence-electron chi connectivity index (χ2n) is 12.6. The van der Waals surface area contributed by atoms with Crippen LogP contribution in [0.4, 0.5) is 11.4 Å². The topological polar surface area (TPSA) is 49.9 Å². The van der Waals surface area contributed by atoms with Crippen LogP contribution in [0.1, 0.15) is 64.9 Å². The summed E-state index contributed by atoms with van der Waals surface area (Å²) in [5, 5.41) is 0. The number of methoxy groups -OCH3 is 1. The Balaban J connectivity index is 1.78. The molecule has 0 saturated heterocycles. The minimum Gasteiger partial charge on any atom is -0.497 e. The highest BCUT2D eigenvalue weighted by Gasteiger charge is 2.49. The molecule has 5 heteroatoms. The summed E-state index contributed by atoms with van der Waals surface area (Å²) in [6.07, 6.45) is 2.52. The lowest BCUT2D eigenvalue weighted by Gasteiger charge is -2.49. The minimum absolute atomic E-state index is 0.149. The third kappa shape index (κ3) is 4.49. The number of carbonyl (C=O) groups is 2. The summed E-state index contributed by atoms with van der Waals surface area (Å²) < 4.78 is 5.42. The van der Waals surface area contributed by atoms with Gasteiger partial charge in [0, 0.05) is 66.8 Å². The van der Waals surface area contributed by atoms with Crippen molar-refractivity contribution >= 4 is 22.9 Å². The van der Waals surface area contributed by atoms with E-state index in [4.69, 9.17) is 4.74 Å². The monoisotopic (exact) mass is 498 g/mol. The van der Waals surface area contributed by atoms with Crippen molar-refractivity contribution in [2.45, 2.75) is 59.3 Å².